The Labute approximate surface area is 220 Å². The Bertz CT molecular complexity index is 1490. The molecule has 2 saturated heterocycles. The average molecular weight is 569 g/mol. The number of carbonyl (C=O) groups excluding carboxylic acids is 2. The van der Waals surface area contributed by atoms with Crippen LogP contribution in [0.3, 0.4) is 0 Å². The van der Waals surface area contributed by atoms with Gasteiger partial charge in [0.15, 0.2) is 9.84 Å². The zero-order valence-electron chi connectivity index (χ0n) is 20.0. The van der Waals surface area contributed by atoms with Crippen LogP contribution in [0.2, 0.25) is 5.02 Å². The zero-order valence-corrected chi connectivity index (χ0v) is 22.4. The number of piperidine rings is 1. The van der Waals surface area contributed by atoms with Crippen molar-refractivity contribution in [3.8, 4) is 5.75 Å². The molecule has 2 aromatic carbocycles. The molecule has 1 amide bonds. The van der Waals surface area contributed by atoms with Gasteiger partial charge in [0.25, 0.3) is 0 Å². The number of sulfonamides is 1. The fourth-order valence-electron chi connectivity index (χ4n) is 4.91. The molecule has 0 aliphatic carbocycles. The van der Waals surface area contributed by atoms with Crippen molar-refractivity contribution in [3.63, 3.8) is 0 Å². The van der Waals surface area contributed by atoms with Crippen molar-refractivity contribution >= 4 is 43.5 Å². The summed E-state index contributed by atoms with van der Waals surface area (Å²) in [5, 5.41) is 0.235. The lowest BCUT2D eigenvalue weighted by atomic mass is 9.73. The molecule has 3 aliphatic heterocycles. The minimum absolute atomic E-state index is 0.0522. The van der Waals surface area contributed by atoms with Crippen LogP contribution in [0.1, 0.15) is 24.0 Å². The van der Waals surface area contributed by atoms with Crippen molar-refractivity contribution in [2.45, 2.75) is 35.7 Å². The fourth-order valence-corrected chi connectivity index (χ4v) is 7.62. The number of rotatable bonds is 5. The van der Waals surface area contributed by atoms with E-state index in [0.29, 0.717) is 55.9 Å². The van der Waals surface area contributed by atoms with Gasteiger partial charge in [0.2, 0.25) is 10.0 Å². The molecule has 3 heterocycles. The third-order valence-corrected chi connectivity index (χ3v) is 10.2. The summed E-state index contributed by atoms with van der Waals surface area (Å²) in [6, 6.07) is 8.82. The summed E-state index contributed by atoms with van der Waals surface area (Å²) >= 11 is 6.01. The standard InChI is InChI=1S/C24H25ClN2O8S2/c1-36(30,31)20-9-16(8-18(25)11-20)13-34-23(29)26-6-4-24(5-7-26)14-27(15-24)37(32,33)19-3-2-17-10-22(28)35-21(17)12-19/h2-3,8-9,11-12H,4-7,10,13-15H2,1H3. The van der Waals surface area contributed by atoms with Crippen LogP contribution in [0.5, 0.6) is 5.75 Å². The number of fused-ring (bicyclic) bond motifs is 1. The molecular weight excluding hydrogens is 544 g/mol. The normalized spacial score (nSPS) is 19.3. The average Bonchev–Trinajstić information content (AvgIpc) is 3.19. The van der Waals surface area contributed by atoms with E-state index in [1.165, 1.54) is 28.6 Å². The van der Waals surface area contributed by atoms with Crippen molar-refractivity contribution < 1.29 is 35.9 Å². The highest BCUT2D eigenvalue weighted by Gasteiger charge is 2.50. The first-order valence-corrected chi connectivity index (χ1v) is 15.3. The van der Waals surface area contributed by atoms with E-state index in [-0.39, 0.29) is 33.3 Å². The van der Waals surface area contributed by atoms with Crippen molar-refractivity contribution in [3.05, 3.63) is 52.5 Å². The van der Waals surface area contributed by atoms with Gasteiger partial charge in [-0.1, -0.05) is 17.7 Å². The van der Waals surface area contributed by atoms with Gasteiger partial charge in [-0.25, -0.2) is 21.6 Å². The highest BCUT2D eigenvalue weighted by molar-refractivity contribution is 7.90. The van der Waals surface area contributed by atoms with Crippen LogP contribution in [-0.4, -0.2) is 70.5 Å². The number of carbonyl (C=O) groups is 2. The van der Waals surface area contributed by atoms with Crippen LogP contribution in [0.25, 0.3) is 0 Å². The molecule has 5 rings (SSSR count). The van der Waals surface area contributed by atoms with Crippen LogP contribution in [-0.2, 0) is 42.4 Å². The molecule has 0 radical (unpaired) electrons. The van der Waals surface area contributed by atoms with Gasteiger partial charge in [0, 0.05) is 54.5 Å². The quantitative estimate of drug-likeness (QED) is 0.398. The topological polar surface area (TPSA) is 127 Å². The molecule has 2 aromatic rings. The number of hydrogen-bond donors (Lipinski definition) is 0. The number of likely N-dealkylation sites (tertiary alicyclic amines) is 1. The summed E-state index contributed by atoms with van der Waals surface area (Å²) in [5.74, 6) is -0.109. The third kappa shape index (κ3) is 5.20. The second kappa shape index (κ2) is 9.26. The molecule has 0 saturated carbocycles. The monoisotopic (exact) mass is 568 g/mol. The van der Waals surface area contributed by atoms with E-state index in [1.54, 1.807) is 17.0 Å². The molecule has 2 fully saturated rings. The molecule has 0 bridgehead atoms. The smallest absolute Gasteiger partial charge is 0.410 e. The van der Waals surface area contributed by atoms with Crippen molar-refractivity contribution in [2.75, 3.05) is 32.4 Å². The van der Waals surface area contributed by atoms with Crippen LogP contribution in [0.15, 0.2) is 46.2 Å². The summed E-state index contributed by atoms with van der Waals surface area (Å²) in [4.78, 5) is 25.8. The molecule has 0 aromatic heterocycles. The van der Waals surface area contributed by atoms with Crippen LogP contribution in [0.4, 0.5) is 4.79 Å². The summed E-state index contributed by atoms with van der Waals surface area (Å²) < 4.78 is 61.7. The lowest BCUT2D eigenvalue weighted by molar-refractivity contribution is -0.131. The summed E-state index contributed by atoms with van der Waals surface area (Å²) in [5.41, 5.74) is 0.940. The zero-order chi connectivity index (χ0) is 26.6. The minimum atomic E-state index is -3.72. The number of esters is 1. The summed E-state index contributed by atoms with van der Waals surface area (Å²) in [6.45, 7) is 1.43. The van der Waals surface area contributed by atoms with Gasteiger partial charge in [-0.3, -0.25) is 4.79 Å². The molecular formula is C24H25ClN2O8S2. The number of nitrogens with zero attached hydrogens (tertiary/aromatic N) is 2. The van der Waals surface area contributed by atoms with Crippen molar-refractivity contribution in [1.29, 1.82) is 0 Å². The molecule has 37 heavy (non-hydrogen) atoms. The number of benzene rings is 2. The Kier molecular flexibility index (Phi) is 6.50. The molecule has 0 atom stereocenters. The maximum absolute atomic E-state index is 13.1. The number of halogens is 1. The second-order valence-electron chi connectivity index (χ2n) is 9.80. The highest BCUT2D eigenvalue weighted by Crippen LogP contribution is 2.43. The van der Waals surface area contributed by atoms with Gasteiger partial charge < -0.3 is 14.4 Å². The maximum atomic E-state index is 13.1. The van der Waals surface area contributed by atoms with Gasteiger partial charge in [-0.2, -0.15) is 4.31 Å². The first-order chi connectivity index (χ1) is 17.3. The van der Waals surface area contributed by atoms with Gasteiger partial charge in [0.05, 0.1) is 16.2 Å². The Balaban J connectivity index is 1.14. The Hall–Kier alpha value is -2.67. The van der Waals surface area contributed by atoms with E-state index >= 15 is 0 Å². The van der Waals surface area contributed by atoms with Crippen molar-refractivity contribution in [1.82, 2.24) is 9.21 Å². The van der Waals surface area contributed by atoms with E-state index in [2.05, 4.69) is 0 Å². The number of sulfone groups is 1. The van der Waals surface area contributed by atoms with Gasteiger partial charge in [0.1, 0.15) is 12.4 Å². The predicted molar refractivity (Wildman–Crippen MR) is 133 cm³/mol. The van der Waals surface area contributed by atoms with Gasteiger partial charge >= 0.3 is 12.1 Å². The minimum Gasteiger partial charge on any atom is -0.445 e. The molecule has 3 aliphatic rings. The summed E-state index contributed by atoms with van der Waals surface area (Å²) in [7, 11) is -7.18. The fraction of sp³-hybridized carbons (Fsp3) is 0.417. The maximum Gasteiger partial charge on any atom is 0.410 e. The second-order valence-corrected chi connectivity index (χ2v) is 14.2. The molecule has 10 nitrogen and oxygen atoms in total. The molecule has 0 unspecified atom stereocenters. The largest absolute Gasteiger partial charge is 0.445 e. The highest BCUT2D eigenvalue weighted by atomic mass is 35.5. The lowest BCUT2D eigenvalue weighted by Crippen LogP contribution is -2.62. The van der Waals surface area contributed by atoms with Gasteiger partial charge in [-0.15, -0.1) is 0 Å². The van der Waals surface area contributed by atoms with E-state index < -0.39 is 31.9 Å². The van der Waals surface area contributed by atoms with Crippen LogP contribution >= 0.6 is 11.6 Å². The Morgan fingerprint density at radius 1 is 1.05 bits per heavy atom. The van der Waals surface area contributed by atoms with E-state index in [0.717, 1.165) is 6.26 Å². The summed E-state index contributed by atoms with van der Waals surface area (Å²) in [6.07, 6.45) is 1.96. The molecule has 1 spiro atoms. The van der Waals surface area contributed by atoms with E-state index in [1.807, 2.05) is 0 Å². The SMILES string of the molecule is CS(=O)(=O)c1cc(Cl)cc(COC(=O)N2CCC3(CC2)CN(S(=O)(=O)c2ccc4c(c2)OC(=O)C4)C3)c1. The molecule has 0 N–H and O–H groups in total. The first kappa shape index (κ1) is 26.0. The Morgan fingerprint density at radius 2 is 1.76 bits per heavy atom. The number of hydrogen-bond acceptors (Lipinski definition) is 8. The predicted octanol–water partition coefficient (Wildman–Crippen LogP) is 2.63. The van der Waals surface area contributed by atoms with E-state index in [9.17, 15) is 26.4 Å². The van der Waals surface area contributed by atoms with Crippen LogP contribution in [0, 0.1) is 5.41 Å². The van der Waals surface area contributed by atoms with Crippen LogP contribution < -0.4 is 4.74 Å². The van der Waals surface area contributed by atoms with Gasteiger partial charge in [-0.05, 0) is 42.7 Å². The van der Waals surface area contributed by atoms with Crippen molar-refractivity contribution in [2.24, 2.45) is 5.41 Å². The Morgan fingerprint density at radius 3 is 2.43 bits per heavy atom. The molecule has 198 valence electrons. The lowest BCUT2D eigenvalue weighted by Gasteiger charge is -2.52. The number of ether oxygens (including phenoxy) is 2. The first-order valence-electron chi connectivity index (χ1n) is 11.6. The number of amides is 1. The third-order valence-electron chi connectivity index (χ3n) is 7.06. The molecule has 13 heteroatoms. The van der Waals surface area contributed by atoms with E-state index in [4.69, 9.17) is 21.1 Å².